The Labute approximate surface area is 152 Å². The number of fused-ring (bicyclic) bond motifs is 2. The van der Waals surface area contributed by atoms with Crippen LogP contribution in [0.25, 0.3) is 0 Å². The number of hydrogen-bond donors (Lipinski definition) is 1. The molecule has 1 fully saturated rings. The number of nitrogens with two attached hydrogens (primary N) is 1. The van der Waals surface area contributed by atoms with Gasteiger partial charge < -0.3 is 5.73 Å². The van der Waals surface area contributed by atoms with E-state index < -0.39 is 22.5 Å². The highest BCUT2D eigenvalue weighted by Crippen LogP contribution is 2.55. The normalized spacial score (nSPS) is 21.6. The molecular formula is C18H14FN3O3S. The minimum atomic E-state index is -1.36. The number of carbonyl (C=O) groups is 3. The lowest BCUT2D eigenvalue weighted by Gasteiger charge is -2.33. The molecule has 0 aliphatic carbocycles. The zero-order valence-electron chi connectivity index (χ0n) is 13.5. The predicted molar refractivity (Wildman–Crippen MR) is 96.0 cm³/mol. The minimum absolute atomic E-state index is 0.0704. The molecule has 2 aromatic rings. The third-order valence-electron chi connectivity index (χ3n) is 4.44. The van der Waals surface area contributed by atoms with Crippen LogP contribution in [0.2, 0.25) is 0 Å². The quantitative estimate of drug-likeness (QED) is 0.888. The molecular weight excluding hydrogens is 357 g/mol. The van der Waals surface area contributed by atoms with Crippen molar-refractivity contribution >= 4 is 40.9 Å². The van der Waals surface area contributed by atoms with Crippen molar-refractivity contribution in [3.8, 4) is 0 Å². The van der Waals surface area contributed by atoms with Crippen molar-refractivity contribution in [2.75, 3.05) is 22.1 Å². The Bertz CT molecular complexity index is 951. The summed E-state index contributed by atoms with van der Waals surface area (Å²) >= 11 is 1.16. The van der Waals surface area contributed by atoms with Crippen LogP contribution in [-0.2, 0) is 19.3 Å². The summed E-state index contributed by atoms with van der Waals surface area (Å²) in [6, 6.07) is 12.5. The van der Waals surface area contributed by atoms with Crippen LogP contribution in [0, 0.1) is 5.82 Å². The van der Waals surface area contributed by atoms with Gasteiger partial charge >= 0.3 is 0 Å². The van der Waals surface area contributed by atoms with Gasteiger partial charge in [0.25, 0.3) is 5.91 Å². The Morgan fingerprint density at radius 1 is 1.19 bits per heavy atom. The highest BCUT2D eigenvalue weighted by atomic mass is 32.2. The van der Waals surface area contributed by atoms with Crippen molar-refractivity contribution in [3.63, 3.8) is 0 Å². The largest absolute Gasteiger partial charge is 0.368 e. The van der Waals surface area contributed by atoms with Crippen LogP contribution in [0.5, 0.6) is 0 Å². The molecule has 6 nitrogen and oxygen atoms in total. The second kappa shape index (κ2) is 5.84. The molecule has 26 heavy (non-hydrogen) atoms. The monoisotopic (exact) mass is 371 g/mol. The van der Waals surface area contributed by atoms with Gasteiger partial charge in [-0.25, -0.2) is 4.39 Å². The maximum Gasteiger partial charge on any atom is 0.269 e. The molecule has 0 saturated carbocycles. The average molecular weight is 371 g/mol. The molecule has 2 N–H and O–H groups in total. The van der Waals surface area contributed by atoms with Crippen molar-refractivity contribution in [2.24, 2.45) is 5.73 Å². The lowest BCUT2D eigenvalue weighted by Crippen LogP contribution is -2.51. The molecule has 1 saturated heterocycles. The van der Waals surface area contributed by atoms with Gasteiger partial charge in [-0.05, 0) is 24.3 Å². The molecule has 1 spiro atoms. The number of thioether (sulfide) groups is 1. The Kier molecular flexibility index (Phi) is 3.73. The molecule has 0 unspecified atom stereocenters. The number of rotatable bonds is 3. The summed E-state index contributed by atoms with van der Waals surface area (Å²) in [6.07, 6.45) is 0. The first-order valence-corrected chi connectivity index (χ1v) is 8.86. The molecule has 8 heteroatoms. The number of primary amides is 1. The number of hydrogen-bond acceptors (Lipinski definition) is 4. The van der Waals surface area contributed by atoms with Crippen LogP contribution in [0.4, 0.5) is 15.8 Å². The molecule has 2 aromatic carbocycles. The molecule has 1 atom stereocenters. The van der Waals surface area contributed by atoms with E-state index >= 15 is 0 Å². The molecule has 4 rings (SSSR count). The van der Waals surface area contributed by atoms with E-state index in [1.54, 1.807) is 30.3 Å². The van der Waals surface area contributed by atoms with Gasteiger partial charge in [-0.2, -0.15) is 0 Å². The van der Waals surface area contributed by atoms with Crippen LogP contribution < -0.4 is 15.5 Å². The Morgan fingerprint density at radius 2 is 1.96 bits per heavy atom. The number of amides is 3. The van der Waals surface area contributed by atoms with Crippen LogP contribution >= 0.6 is 11.8 Å². The Balaban J connectivity index is 1.92. The number of para-hydroxylation sites is 1. The third-order valence-corrected chi connectivity index (χ3v) is 5.83. The summed E-state index contributed by atoms with van der Waals surface area (Å²) in [5.74, 6) is -1.82. The molecule has 132 valence electrons. The molecule has 0 bridgehead atoms. The number of anilines is 2. The summed E-state index contributed by atoms with van der Waals surface area (Å²) in [7, 11) is 0. The average Bonchev–Trinajstić information content (AvgIpc) is 3.07. The van der Waals surface area contributed by atoms with E-state index in [0.29, 0.717) is 16.9 Å². The molecule has 2 aliphatic rings. The minimum Gasteiger partial charge on any atom is -0.368 e. The van der Waals surface area contributed by atoms with Gasteiger partial charge in [0.2, 0.25) is 16.7 Å². The fourth-order valence-corrected chi connectivity index (χ4v) is 4.84. The first-order valence-electron chi connectivity index (χ1n) is 7.87. The van der Waals surface area contributed by atoms with Gasteiger partial charge in [0.1, 0.15) is 12.4 Å². The van der Waals surface area contributed by atoms with Gasteiger partial charge in [0.15, 0.2) is 0 Å². The second-order valence-electron chi connectivity index (χ2n) is 6.02. The lowest BCUT2D eigenvalue weighted by atomic mass is 10.0. The number of nitrogens with zero attached hydrogens (tertiary/aromatic N) is 2. The first kappa shape index (κ1) is 16.6. The van der Waals surface area contributed by atoms with Gasteiger partial charge in [0.05, 0.1) is 11.4 Å². The van der Waals surface area contributed by atoms with E-state index in [0.717, 1.165) is 11.8 Å². The van der Waals surface area contributed by atoms with Gasteiger partial charge in [0, 0.05) is 11.3 Å². The van der Waals surface area contributed by atoms with E-state index in [4.69, 9.17) is 5.73 Å². The molecule has 0 radical (unpaired) electrons. The summed E-state index contributed by atoms with van der Waals surface area (Å²) in [5, 5.41) is 0. The van der Waals surface area contributed by atoms with E-state index in [9.17, 15) is 18.8 Å². The number of halogens is 1. The van der Waals surface area contributed by atoms with Crippen molar-refractivity contribution in [1.82, 2.24) is 0 Å². The smallest absolute Gasteiger partial charge is 0.269 e. The highest BCUT2D eigenvalue weighted by molar-refractivity contribution is 8.02. The van der Waals surface area contributed by atoms with Gasteiger partial charge in [-0.15, -0.1) is 11.8 Å². The van der Waals surface area contributed by atoms with Crippen LogP contribution in [0.15, 0.2) is 48.5 Å². The third kappa shape index (κ3) is 2.22. The molecule has 0 aromatic heterocycles. The zero-order chi connectivity index (χ0) is 18.5. The summed E-state index contributed by atoms with van der Waals surface area (Å²) < 4.78 is 13.8. The van der Waals surface area contributed by atoms with Crippen LogP contribution in [0.3, 0.4) is 0 Å². The maximum atomic E-state index is 13.8. The number of carbonyl (C=O) groups excluding carboxylic acids is 3. The van der Waals surface area contributed by atoms with Crippen molar-refractivity contribution in [1.29, 1.82) is 0 Å². The zero-order valence-corrected chi connectivity index (χ0v) is 14.3. The first-order chi connectivity index (χ1) is 12.4. The van der Waals surface area contributed by atoms with E-state index in [1.807, 2.05) is 0 Å². The van der Waals surface area contributed by atoms with Gasteiger partial charge in [-0.3, -0.25) is 24.2 Å². The van der Waals surface area contributed by atoms with E-state index in [-0.39, 0.29) is 18.2 Å². The van der Waals surface area contributed by atoms with E-state index in [1.165, 1.54) is 28.0 Å². The van der Waals surface area contributed by atoms with Crippen LogP contribution in [-0.4, -0.2) is 30.0 Å². The fraction of sp³-hybridized carbons (Fsp3) is 0.167. The van der Waals surface area contributed by atoms with Crippen molar-refractivity contribution in [2.45, 2.75) is 4.87 Å². The van der Waals surface area contributed by atoms with Crippen molar-refractivity contribution < 1.29 is 18.8 Å². The summed E-state index contributed by atoms with van der Waals surface area (Å²) in [4.78, 5) is 38.7. The maximum absolute atomic E-state index is 13.8. The molecule has 2 aliphatic heterocycles. The second-order valence-corrected chi connectivity index (χ2v) is 7.18. The highest BCUT2D eigenvalue weighted by Gasteiger charge is 2.61. The van der Waals surface area contributed by atoms with Crippen LogP contribution in [0.1, 0.15) is 5.56 Å². The molecule has 2 heterocycles. The Hall–Kier alpha value is -2.87. The Morgan fingerprint density at radius 3 is 2.69 bits per heavy atom. The SMILES string of the molecule is NC(=O)CN1C(=O)[C@]2(SCC(=O)N2c2cccc(F)c2)c2ccccc21. The summed E-state index contributed by atoms with van der Waals surface area (Å²) in [6.45, 7) is -0.288. The standard InChI is InChI=1S/C18H14FN3O3S/c19-11-4-3-5-12(8-11)22-16(24)10-26-18(22)13-6-1-2-7-14(13)21(17(18)25)9-15(20)23/h1-8H,9-10H2,(H2,20,23)/t18-/m1/s1. The number of benzene rings is 2. The molecule has 3 amide bonds. The topological polar surface area (TPSA) is 83.7 Å². The lowest BCUT2D eigenvalue weighted by molar-refractivity contribution is -0.125. The predicted octanol–water partition coefficient (Wildman–Crippen LogP) is 1.59. The fourth-order valence-electron chi connectivity index (χ4n) is 3.48. The van der Waals surface area contributed by atoms with Crippen molar-refractivity contribution in [3.05, 3.63) is 59.9 Å². The van der Waals surface area contributed by atoms with Gasteiger partial charge in [-0.1, -0.05) is 24.3 Å². The van der Waals surface area contributed by atoms with E-state index in [2.05, 4.69) is 0 Å². The summed E-state index contributed by atoms with van der Waals surface area (Å²) in [5.41, 5.74) is 6.71.